The molecule has 2 fully saturated rings. The van der Waals surface area contributed by atoms with Crippen molar-refractivity contribution in [2.75, 3.05) is 11.9 Å². The van der Waals surface area contributed by atoms with Gasteiger partial charge in [-0.15, -0.1) is 10.2 Å². The molecule has 2 aromatic rings. The Balaban J connectivity index is 0.000000505. The quantitative estimate of drug-likeness (QED) is 0.359. The third kappa shape index (κ3) is 10.3. The van der Waals surface area contributed by atoms with E-state index in [-0.39, 0.29) is 23.7 Å². The lowest BCUT2D eigenvalue weighted by atomic mass is 9.90. The minimum Gasteiger partial charge on any atom is -0.475 e. The highest BCUT2D eigenvalue weighted by Crippen LogP contribution is 2.42. The number of carbonyl (C=O) groups excluding carboxylic acids is 2. The van der Waals surface area contributed by atoms with Crippen LogP contribution in [0.15, 0.2) is 42.5 Å². The number of carboxylic acids is 1. The molecule has 1 amide bonds. The molecule has 4 rings (SSSR count). The Labute approximate surface area is 222 Å². The van der Waals surface area contributed by atoms with Crippen molar-refractivity contribution in [1.82, 2.24) is 15.5 Å². The largest absolute Gasteiger partial charge is 0.490 e. The maximum atomic E-state index is 12.8. The van der Waals surface area contributed by atoms with Gasteiger partial charge in [-0.1, -0.05) is 54.2 Å². The van der Waals surface area contributed by atoms with Gasteiger partial charge in [-0.2, -0.15) is 13.2 Å². The molecule has 1 aromatic carbocycles. The molecule has 0 unspecified atom stereocenters. The summed E-state index contributed by atoms with van der Waals surface area (Å²) >= 11 is 1.45. The number of piperidine rings is 1. The molecule has 0 radical (unpaired) electrons. The summed E-state index contributed by atoms with van der Waals surface area (Å²) in [6.45, 7) is 0.911. The van der Waals surface area contributed by atoms with Crippen LogP contribution in [0.2, 0.25) is 0 Å². The molecule has 1 aromatic heterocycles. The van der Waals surface area contributed by atoms with Gasteiger partial charge in [0.05, 0.1) is 6.04 Å². The van der Waals surface area contributed by atoms with Crippen LogP contribution in [-0.4, -0.2) is 51.7 Å². The summed E-state index contributed by atoms with van der Waals surface area (Å²) in [5.41, 5.74) is 1.25. The van der Waals surface area contributed by atoms with Gasteiger partial charge >= 0.3 is 12.1 Å². The first-order valence-electron chi connectivity index (χ1n) is 12.5. The lowest BCUT2D eigenvalue weighted by molar-refractivity contribution is -0.192. The molecule has 2 aliphatic rings. The van der Waals surface area contributed by atoms with E-state index in [1.807, 2.05) is 24.3 Å². The van der Waals surface area contributed by atoms with Crippen molar-refractivity contribution in [2.45, 2.75) is 69.5 Å². The number of aryl methyl sites for hydroxylation is 1. The van der Waals surface area contributed by atoms with Gasteiger partial charge in [-0.05, 0) is 62.6 Å². The average Bonchev–Trinajstić information content (AvgIpc) is 3.65. The topological polar surface area (TPSA) is 121 Å². The number of anilines is 1. The maximum absolute atomic E-state index is 12.8. The normalized spacial score (nSPS) is 18.3. The summed E-state index contributed by atoms with van der Waals surface area (Å²) in [5, 5.41) is 23.1. The molecule has 2 atom stereocenters. The number of nitrogens with one attached hydrogen (secondary N) is 2. The first-order chi connectivity index (χ1) is 18.1. The zero-order valence-electron chi connectivity index (χ0n) is 20.7. The third-order valence-corrected chi connectivity index (χ3v) is 7.17. The summed E-state index contributed by atoms with van der Waals surface area (Å²) in [6.07, 6.45) is 5.99. The summed E-state index contributed by atoms with van der Waals surface area (Å²) in [4.78, 5) is 34.1. The lowest BCUT2D eigenvalue weighted by Gasteiger charge is -2.23. The average molecular weight is 553 g/mol. The Morgan fingerprint density at radius 3 is 2.45 bits per heavy atom. The van der Waals surface area contributed by atoms with E-state index in [0.29, 0.717) is 17.5 Å². The molecule has 1 saturated carbocycles. The highest BCUT2D eigenvalue weighted by Gasteiger charge is 2.38. The highest BCUT2D eigenvalue weighted by atomic mass is 32.1. The zero-order chi connectivity index (χ0) is 27.5. The monoisotopic (exact) mass is 552 g/mol. The maximum Gasteiger partial charge on any atom is 0.490 e. The van der Waals surface area contributed by atoms with E-state index in [4.69, 9.17) is 9.90 Å². The van der Waals surface area contributed by atoms with Gasteiger partial charge in [-0.3, -0.25) is 14.9 Å². The molecule has 1 saturated heterocycles. The first-order valence-corrected chi connectivity index (χ1v) is 13.4. The van der Waals surface area contributed by atoms with Crippen molar-refractivity contribution < 1.29 is 32.7 Å². The predicted octanol–water partition coefficient (Wildman–Crippen LogP) is 4.89. The lowest BCUT2D eigenvalue weighted by Crippen LogP contribution is -2.41. The van der Waals surface area contributed by atoms with Crippen LogP contribution in [0.5, 0.6) is 0 Å². The fraction of sp³-hybridized carbons (Fsp3) is 0.500. The summed E-state index contributed by atoms with van der Waals surface area (Å²) in [7, 11) is 0. The fourth-order valence-electron chi connectivity index (χ4n) is 3.94. The number of aromatic nitrogens is 2. The molecule has 38 heavy (non-hydrogen) atoms. The van der Waals surface area contributed by atoms with Crippen LogP contribution in [0.3, 0.4) is 0 Å². The van der Waals surface area contributed by atoms with Gasteiger partial charge in [0.2, 0.25) is 11.0 Å². The van der Waals surface area contributed by atoms with Crippen molar-refractivity contribution in [3.05, 3.63) is 53.1 Å². The molecule has 0 bridgehead atoms. The second kappa shape index (κ2) is 14.1. The summed E-state index contributed by atoms with van der Waals surface area (Å²) < 4.78 is 31.7. The Morgan fingerprint density at radius 2 is 1.84 bits per heavy atom. The summed E-state index contributed by atoms with van der Waals surface area (Å²) in [5.74, 6) is -2.17. The molecule has 0 spiro atoms. The minimum absolute atomic E-state index is 0.0265. The second-order valence-corrected chi connectivity index (χ2v) is 10.3. The Morgan fingerprint density at radius 1 is 1.13 bits per heavy atom. The Bertz CT molecular complexity index is 1100. The van der Waals surface area contributed by atoms with Gasteiger partial charge in [0, 0.05) is 12.3 Å². The van der Waals surface area contributed by atoms with Gasteiger partial charge in [-0.25, -0.2) is 4.79 Å². The number of ketones is 1. The van der Waals surface area contributed by atoms with Crippen LogP contribution in [0.25, 0.3) is 0 Å². The summed E-state index contributed by atoms with van der Waals surface area (Å²) in [6, 6.07) is 10.2. The number of carbonyl (C=O) groups is 3. The van der Waals surface area contributed by atoms with Gasteiger partial charge < -0.3 is 10.4 Å². The number of nitrogens with zero attached hydrogens (tertiary/aromatic N) is 2. The number of hydrogen-bond donors (Lipinski definition) is 3. The van der Waals surface area contributed by atoms with Crippen molar-refractivity contribution in [1.29, 1.82) is 0 Å². The van der Waals surface area contributed by atoms with Crippen LogP contribution >= 0.6 is 11.3 Å². The second-order valence-electron chi connectivity index (χ2n) is 9.33. The zero-order valence-corrected chi connectivity index (χ0v) is 21.6. The van der Waals surface area contributed by atoms with E-state index in [1.54, 1.807) is 6.08 Å². The Hall–Kier alpha value is -3.12. The third-order valence-electron chi connectivity index (χ3n) is 6.17. The Kier molecular flexibility index (Phi) is 11.0. The number of halogens is 3. The molecule has 2 heterocycles. The van der Waals surface area contributed by atoms with E-state index in [9.17, 15) is 22.8 Å². The van der Waals surface area contributed by atoms with Crippen LogP contribution in [0.1, 0.15) is 61.4 Å². The van der Waals surface area contributed by atoms with E-state index >= 15 is 0 Å². The molecular weight excluding hydrogens is 521 g/mol. The number of aliphatic carboxylic acids is 1. The number of allylic oxidation sites excluding steroid dienone is 1. The van der Waals surface area contributed by atoms with E-state index in [1.165, 1.54) is 16.9 Å². The highest BCUT2D eigenvalue weighted by molar-refractivity contribution is 7.15. The van der Waals surface area contributed by atoms with E-state index < -0.39 is 12.1 Å². The number of amides is 1. The van der Waals surface area contributed by atoms with Crippen molar-refractivity contribution in [3.8, 4) is 0 Å². The minimum atomic E-state index is -5.08. The number of Topliss-reactive ketones (excluding diaryl/α,β-unsaturated/α-hetero) is 1. The SMILES string of the molecule is O=C(/C=C/[C@H](CCc1ccccc1)CC(=O)[C@@H]1CCCCN1)Nc1nnc(C2CC2)s1.O=C(O)C(F)(F)F. The number of carboxylic acid groups (broad SMARTS) is 1. The predicted molar refractivity (Wildman–Crippen MR) is 137 cm³/mol. The smallest absolute Gasteiger partial charge is 0.475 e. The van der Waals surface area contributed by atoms with Crippen LogP contribution in [0.4, 0.5) is 18.3 Å². The standard InChI is InChI=1S/C24H30N4O2S.C2HF3O2/c29-21(20-8-4-5-15-25-20)16-18(10-9-17-6-2-1-3-7-17)11-14-22(30)26-24-28-27-23(31-24)19-12-13-19;3-2(4,5)1(6)7/h1-3,6-7,11,14,18-20,25H,4-5,8-10,12-13,15-16H2,(H,26,28,30);(H,6,7)/b14-11+;/t18-,20-;/m0./s1. The number of benzene rings is 1. The number of rotatable bonds is 10. The van der Waals surface area contributed by atoms with Crippen molar-refractivity contribution in [3.63, 3.8) is 0 Å². The molecule has 1 aliphatic carbocycles. The van der Waals surface area contributed by atoms with E-state index in [0.717, 1.165) is 56.5 Å². The van der Waals surface area contributed by atoms with E-state index in [2.05, 4.69) is 33.0 Å². The molecule has 12 heteroatoms. The van der Waals surface area contributed by atoms with Crippen LogP contribution in [-0.2, 0) is 20.8 Å². The first kappa shape index (κ1) is 29.4. The molecule has 206 valence electrons. The van der Waals surface area contributed by atoms with Gasteiger partial charge in [0.15, 0.2) is 0 Å². The molecule has 1 aliphatic heterocycles. The van der Waals surface area contributed by atoms with Gasteiger partial charge in [0.25, 0.3) is 0 Å². The fourth-order valence-corrected chi connectivity index (χ4v) is 4.86. The van der Waals surface area contributed by atoms with Crippen molar-refractivity contribution in [2.24, 2.45) is 5.92 Å². The van der Waals surface area contributed by atoms with Crippen LogP contribution in [0, 0.1) is 5.92 Å². The number of hydrogen-bond acceptors (Lipinski definition) is 7. The van der Waals surface area contributed by atoms with Crippen molar-refractivity contribution >= 4 is 34.1 Å². The molecular formula is C26H31F3N4O4S. The number of alkyl halides is 3. The molecule has 8 nitrogen and oxygen atoms in total. The van der Waals surface area contributed by atoms with Gasteiger partial charge in [0.1, 0.15) is 10.8 Å². The van der Waals surface area contributed by atoms with Crippen LogP contribution < -0.4 is 10.6 Å². The molecule has 3 N–H and O–H groups in total.